The summed E-state index contributed by atoms with van der Waals surface area (Å²) in [5, 5.41) is 5.47. The Labute approximate surface area is 198 Å². The second-order valence-electron chi connectivity index (χ2n) is 8.28. The average Bonchev–Trinajstić information content (AvgIpc) is 2.79. The van der Waals surface area contributed by atoms with E-state index in [1.807, 2.05) is 4.90 Å². The third-order valence-electron chi connectivity index (χ3n) is 5.26. The third kappa shape index (κ3) is 7.07. The molecule has 2 aromatic rings. The standard InChI is InChI=1S/C23H29FN4O5S/c1-16(2)22(27-34(31,32)20-6-4-3-5-19(20)24)23(30)26-18-9-7-17(8-10-18)25-21(29)15-28-11-13-33-14-12-28/h3-10,16,22,27H,11-15H2,1-2H3,(H,25,29)(H,26,30)/t22-/m0/s1. The highest BCUT2D eigenvalue weighted by atomic mass is 32.2. The van der Waals surface area contributed by atoms with Crippen LogP contribution < -0.4 is 15.4 Å². The lowest BCUT2D eigenvalue weighted by Crippen LogP contribution is -2.47. The minimum atomic E-state index is -4.25. The van der Waals surface area contributed by atoms with Gasteiger partial charge in [0.1, 0.15) is 16.8 Å². The van der Waals surface area contributed by atoms with E-state index >= 15 is 0 Å². The molecule has 0 saturated carbocycles. The Balaban J connectivity index is 1.60. The van der Waals surface area contributed by atoms with Gasteiger partial charge in [-0.1, -0.05) is 26.0 Å². The Morgan fingerprint density at radius 1 is 1.00 bits per heavy atom. The molecule has 1 heterocycles. The molecule has 0 unspecified atom stereocenters. The van der Waals surface area contributed by atoms with Crippen molar-refractivity contribution in [2.24, 2.45) is 5.92 Å². The summed E-state index contributed by atoms with van der Waals surface area (Å²) in [5.41, 5.74) is 0.990. The Morgan fingerprint density at radius 3 is 2.18 bits per heavy atom. The van der Waals surface area contributed by atoms with Crippen molar-refractivity contribution in [3.8, 4) is 0 Å². The van der Waals surface area contributed by atoms with Crippen molar-refractivity contribution in [3.63, 3.8) is 0 Å². The first-order valence-electron chi connectivity index (χ1n) is 10.9. The zero-order valence-corrected chi connectivity index (χ0v) is 19.9. The third-order valence-corrected chi connectivity index (χ3v) is 6.74. The number of rotatable bonds is 9. The molecule has 9 nitrogen and oxygen atoms in total. The maximum atomic E-state index is 14.0. The molecule has 3 rings (SSSR count). The van der Waals surface area contributed by atoms with E-state index in [-0.39, 0.29) is 12.5 Å². The summed E-state index contributed by atoms with van der Waals surface area (Å²) in [6.07, 6.45) is 0. The van der Waals surface area contributed by atoms with E-state index in [0.717, 1.165) is 12.1 Å². The maximum Gasteiger partial charge on any atom is 0.244 e. The number of ether oxygens (including phenoxy) is 1. The fourth-order valence-corrected chi connectivity index (χ4v) is 4.83. The Hall–Kier alpha value is -2.86. The van der Waals surface area contributed by atoms with Crippen molar-refractivity contribution < 1.29 is 27.1 Å². The van der Waals surface area contributed by atoms with Gasteiger partial charge in [0.15, 0.2) is 0 Å². The van der Waals surface area contributed by atoms with Gasteiger partial charge in [-0.05, 0) is 42.3 Å². The average molecular weight is 493 g/mol. The molecule has 11 heteroatoms. The number of halogens is 1. The molecule has 0 spiro atoms. The predicted octanol–water partition coefficient (Wildman–Crippen LogP) is 2.04. The van der Waals surface area contributed by atoms with Crippen molar-refractivity contribution in [2.45, 2.75) is 24.8 Å². The highest BCUT2D eigenvalue weighted by Crippen LogP contribution is 2.18. The van der Waals surface area contributed by atoms with Crippen LogP contribution in [0.15, 0.2) is 53.4 Å². The largest absolute Gasteiger partial charge is 0.379 e. The van der Waals surface area contributed by atoms with Crippen LogP contribution in [0.2, 0.25) is 0 Å². The number of anilines is 2. The number of morpholine rings is 1. The molecule has 2 amide bonds. The van der Waals surface area contributed by atoms with Crippen molar-refractivity contribution in [2.75, 3.05) is 43.5 Å². The molecular weight excluding hydrogens is 463 g/mol. The molecule has 34 heavy (non-hydrogen) atoms. The number of benzene rings is 2. The molecule has 3 N–H and O–H groups in total. The van der Waals surface area contributed by atoms with Crippen molar-refractivity contribution in [3.05, 3.63) is 54.3 Å². The summed E-state index contributed by atoms with van der Waals surface area (Å²) in [7, 11) is -4.25. The molecule has 1 saturated heterocycles. The van der Waals surface area contributed by atoms with Crippen LogP contribution in [0.3, 0.4) is 0 Å². The summed E-state index contributed by atoms with van der Waals surface area (Å²) in [6, 6.07) is 10.3. The van der Waals surface area contributed by atoms with Gasteiger partial charge >= 0.3 is 0 Å². The van der Waals surface area contributed by atoms with Crippen LogP contribution in [0, 0.1) is 11.7 Å². The molecule has 2 aromatic carbocycles. The first kappa shape index (κ1) is 25.8. The lowest BCUT2D eigenvalue weighted by Gasteiger charge is -2.25. The number of amides is 2. The first-order valence-corrected chi connectivity index (χ1v) is 12.4. The van der Waals surface area contributed by atoms with Crippen molar-refractivity contribution in [1.29, 1.82) is 0 Å². The number of carbonyl (C=O) groups excluding carboxylic acids is 2. The SMILES string of the molecule is CC(C)[C@H](NS(=O)(=O)c1ccccc1F)C(=O)Nc1ccc(NC(=O)CN2CCOCC2)cc1. The number of hydrogen-bond donors (Lipinski definition) is 3. The molecular formula is C23H29FN4O5S. The second-order valence-corrected chi connectivity index (χ2v) is 9.96. The minimum Gasteiger partial charge on any atom is -0.379 e. The van der Waals surface area contributed by atoms with Gasteiger partial charge in [-0.3, -0.25) is 14.5 Å². The Bertz CT molecular complexity index is 1100. The van der Waals surface area contributed by atoms with Gasteiger partial charge < -0.3 is 15.4 Å². The molecule has 0 radical (unpaired) electrons. The second kappa shape index (κ2) is 11.5. The summed E-state index contributed by atoms with van der Waals surface area (Å²) in [5.74, 6) is -2.04. The van der Waals surface area contributed by atoms with Crippen LogP contribution in [0.5, 0.6) is 0 Å². The lowest BCUT2D eigenvalue weighted by atomic mass is 10.0. The summed E-state index contributed by atoms with van der Waals surface area (Å²) < 4.78 is 46.8. The molecule has 1 atom stereocenters. The van der Waals surface area contributed by atoms with Crippen LogP contribution in [-0.2, 0) is 24.3 Å². The van der Waals surface area contributed by atoms with Gasteiger partial charge in [-0.15, -0.1) is 0 Å². The first-order chi connectivity index (χ1) is 16.2. The molecule has 0 aliphatic carbocycles. The summed E-state index contributed by atoms with van der Waals surface area (Å²) in [6.45, 7) is 6.25. The summed E-state index contributed by atoms with van der Waals surface area (Å²) in [4.78, 5) is 26.5. The van der Waals surface area contributed by atoms with Crippen LogP contribution in [0.1, 0.15) is 13.8 Å². The zero-order valence-electron chi connectivity index (χ0n) is 19.1. The van der Waals surface area contributed by atoms with Gasteiger partial charge in [0.25, 0.3) is 0 Å². The Kier molecular flexibility index (Phi) is 8.72. The topological polar surface area (TPSA) is 117 Å². The van der Waals surface area contributed by atoms with Crippen molar-refractivity contribution in [1.82, 2.24) is 9.62 Å². The van der Waals surface area contributed by atoms with E-state index < -0.39 is 38.6 Å². The van der Waals surface area contributed by atoms with E-state index in [9.17, 15) is 22.4 Å². The fraction of sp³-hybridized carbons (Fsp3) is 0.391. The number of nitrogens with zero attached hydrogens (tertiary/aromatic N) is 1. The number of nitrogens with one attached hydrogen (secondary N) is 3. The highest BCUT2D eigenvalue weighted by Gasteiger charge is 2.30. The quantitative estimate of drug-likeness (QED) is 0.493. The van der Waals surface area contributed by atoms with Crippen LogP contribution in [0.25, 0.3) is 0 Å². The smallest absolute Gasteiger partial charge is 0.244 e. The lowest BCUT2D eigenvalue weighted by molar-refractivity contribution is -0.119. The van der Waals surface area contributed by atoms with E-state index in [0.29, 0.717) is 37.7 Å². The van der Waals surface area contributed by atoms with E-state index in [2.05, 4.69) is 15.4 Å². The number of sulfonamides is 1. The predicted molar refractivity (Wildman–Crippen MR) is 126 cm³/mol. The van der Waals surface area contributed by atoms with E-state index in [4.69, 9.17) is 4.74 Å². The highest BCUT2D eigenvalue weighted by molar-refractivity contribution is 7.89. The molecule has 184 valence electrons. The van der Waals surface area contributed by atoms with Crippen LogP contribution in [-0.4, -0.2) is 64.0 Å². The monoisotopic (exact) mass is 492 g/mol. The molecule has 1 fully saturated rings. The normalized spacial score (nSPS) is 15.6. The van der Waals surface area contributed by atoms with E-state index in [1.54, 1.807) is 38.1 Å². The molecule has 1 aliphatic heterocycles. The van der Waals surface area contributed by atoms with Gasteiger partial charge in [0, 0.05) is 24.5 Å². The molecule has 0 bridgehead atoms. The van der Waals surface area contributed by atoms with Crippen molar-refractivity contribution >= 4 is 33.2 Å². The summed E-state index contributed by atoms with van der Waals surface area (Å²) >= 11 is 0. The van der Waals surface area contributed by atoms with Crippen LogP contribution >= 0.6 is 0 Å². The van der Waals surface area contributed by atoms with Gasteiger partial charge in [0.05, 0.1) is 19.8 Å². The number of hydrogen-bond acceptors (Lipinski definition) is 6. The van der Waals surface area contributed by atoms with E-state index in [1.165, 1.54) is 12.1 Å². The van der Waals surface area contributed by atoms with Crippen LogP contribution in [0.4, 0.5) is 15.8 Å². The molecule has 0 aromatic heterocycles. The zero-order chi connectivity index (χ0) is 24.7. The van der Waals surface area contributed by atoms with Gasteiger partial charge in [-0.2, -0.15) is 4.72 Å². The molecule has 1 aliphatic rings. The Morgan fingerprint density at radius 2 is 1.59 bits per heavy atom. The van der Waals surface area contributed by atoms with Gasteiger partial charge in [0.2, 0.25) is 21.8 Å². The maximum absolute atomic E-state index is 14.0. The minimum absolute atomic E-state index is 0.152. The fourth-order valence-electron chi connectivity index (χ4n) is 3.41. The van der Waals surface area contributed by atoms with Gasteiger partial charge in [-0.25, -0.2) is 12.8 Å². The number of carbonyl (C=O) groups is 2.